The van der Waals surface area contributed by atoms with Gasteiger partial charge in [-0.05, 0) is 52.4 Å². The molecular weight excluding hydrogens is 210 g/mol. The number of hydrogen-bond acceptors (Lipinski definition) is 2. The molecule has 1 atom stereocenters. The molecule has 0 bridgehead atoms. The minimum absolute atomic E-state index is 0.225. The van der Waals surface area contributed by atoms with Crippen molar-refractivity contribution in [2.75, 3.05) is 19.8 Å². The van der Waals surface area contributed by atoms with Crippen LogP contribution in [0.1, 0.15) is 59.3 Å². The molecule has 2 fully saturated rings. The maximum absolute atomic E-state index is 5.82. The molecule has 0 spiro atoms. The monoisotopic (exact) mass is 239 g/mol. The summed E-state index contributed by atoms with van der Waals surface area (Å²) in [6.45, 7) is 9.89. The van der Waals surface area contributed by atoms with E-state index in [4.69, 9.17) is 4.74 Å². The Morgan fingerprint density at radius 3 is 2.41 bits per heavy atom. The first kappa shape index (κ1) is 13.4. The second-order valence-corrected chi connectivity index (χ2v) is 7.10. The average Bonchev–Trinajstić information content (AvgIpc) is 2.81. The first-order valence-corrected chi connectivity index (χ1v) is 7.35. The van der Waals surface area contributed by atoms with Gasteiger partial charge in [0.25, 0.3) is 0 Å². The van der Waals surface area contributed by atoms with Gasteiger partial charge in [0.15, 0.2) is 0 Å². The summed E-state index contributed by atoms with van der Waals surface area (Å²) in [5, 5.41) is 3.73. The largest absolute Gasteiger partial charge is 0.381 e. The molecule has 1 aliphatic heterocycles. The maximum atomic E-state index is 5.82. The zero-order valence-electron chi connectivity index (χ0n) is 11.8. The standard InChI is InChI=1S/C15H29NO/c1-14(2,3)16-11-15(9-6-10-17-12-15)13-7-4-5-8-13/h13,16H,4-12H2,1-3H3. The van der Waals surface area contributed by atoms with Crippen molar-refractivity contribution in [1.29, 1.82) is 0 Å². The molecule has 0 aromatic carbocycles. The molecule has 0 radical (unpaired) electrons. The second-order valence-electron chi connectivity index (χ2n) is 7.10. The van der Waals surface area contributed by atoms with Gasteiger partial charge in [0.2, 0.25) is 0 Å². The lowest BCUT2D eigenvalue weighted by molar-refractivity contribution is -0.0430. The van der Waals surface area contributed by atoms with E-state index in [1.807, 2.05) is 0 Å². The lowest BCUT2D eigenvalue weighted by Gasteiger charge is -2.44. The van der Waals surface area contributed by atoms with E-state index in [0.29, 0.717) is 5.41 Å². The molecule has 1 N–H and O–H groups in total. The van der Waals surface area contributed by atoms with E-state index in [2.05, 4.69) is 26.1 Å². The fraction of sp³-hybridized carbons (Fsp3) is 1.00. The van der Waals surface area contributed by atoms with Gasteiger partial charge in [-0.25, -0.2) is 0 Å². The Labute approximate surface area is 107 Å². The SMILES string of the molecule is CC(C)(C)NCC1(C2CCCC2)CCCOC1. The summed E-state index contributed by atoms with van der Waals surface area (Å²) in [7, 11) is 0. The molecule has 1 saturated carbocycles. The fourth-order valence-corrected chi connectivity index (χ4v) is 3.46. The van der Waals surface area contributed by atoms with E-state index in [9.17, 15) is 0 Å². The van der Waals surface area contributed by atoms with Crippen molar-refractivity contribution in [3.8, 4) is 0 Å². The molecule has 1 unspecified atom stereocenters. The van der Waals surface area contributed by atoms with Crippen LogP contribution in [0.5, 0.6) is 0 Å². The normalized spacial score (nSPS) is 31.9. The minimum atomic E-state index is 0.225. The average molecular weight is 239 g/mol. The van der Waals surface area contributed by atoms with Crippen LogP contribution in [0.3, 0.4) is 0 Å². The maximum Gasteiger partial charge on any atom is 0.0537 e. The molecule has 2 aliphatic rings. The van der Waals surface area contributed by atoms with E-state index in [-0.39, 0.29) is 5.54 Å². The predicted molar refractivity (Wildman–Crippen MR) is 72.2 cm³/mol. The summed E-state index contributed by atoms with van der Waals surface area (Å²) in [5.74, 6) is 0.901. The molecule has 2 rings (SSSR count). The Kier molecular flexibility index (Phi) is 4.14. The van der Waals surface area contributed by atoms with Crippen molar-refractivity contribution < 1.29 is 4.74 Å². The lowest BCUT2D eigenvalue weighted by atomic mass is 9.70. The van der Waals surface area contributed by atoms with Crippen LogP contribution in [0.2, 0.25) is 0 Å². The van der Waals surface area contributed by atoms with Crippen LogP contribution in [0, 0.1) is 11.3 Å². The molecule has 1 saturated heterocycles. The summed E-state index contributed by atoms with van der Waals surface area (Å²) in [6, 6.07) is 0. The van der Waals surface area contributed by atoms with E-state index in [1.165, 1.54) is 38.5 Å². The third-order valence-electron chi connectivity index (χ3n) is 4.54. The third kappa shape index (κ3) is 3.45. The van der Waals surface area contributed by atoms with Gasteiger partial charge in [-0.1, -0.05) is 12.8 Å². The van der Waals surface area contributed by atoms with E-state index < -0.39 is 0 Å². The lowest BCUT2D eigenvalue weighted by Crippen LogP contribution is -2.50. The van der Waals surface area contributed by atoms with Gasteiger partial charge in [0.1, 0.15) is 0 Å². The number of hydrogen-bond donors (Lipinski definition) is 1. The Morgan fingerprint density at radius 1 is 1.18 bits per heavy atom. The molecule has 1 aliphatic carbocycles. The topological polar surface area (TPSA) is 21.3 Å². The molecule has 2 heteroatoms. The van der Waals surface area contributed by atoms with E-state index in [1.54, 1.807) is 0 Å². The van der Waals surface area contributed by atoms with Gasteiger partial charge in [0, 0.05) is 24.1 Å². The Bertz CT molecular complexity index is 232. The highest BCUT2D eigenvalue weighted by molar-refractivity contribution is 4.93. The molecule has 0 amide bonds. The van der Waals surface area contributed by atoms with Gasteiger partial charge in [-0.2, -0.15) is 0 Å². The van der Waals surface area contributed by atoms with Crippen LogP contribution in [-0.2, 0) is 4.74 Å². The van der Waals surface area contributed by atoms with Crippen LogP contribution >= 0.6 is 0 Å². The van der Waals surface area contributed by atoms with Crippen molar-refractivity contribution >= 4 is 0 Å². The first-order valence-electron chi connectivity index (χ1n) is 7.35. The zero-order chi connectivity index (χ0) is 12.4. The Balaban J connectivity index is 2.00. The van der Waals surface area contributed by atoms with Crippen LogP contribution in [0.15, 0.2) is 0 Å². The van der Waals surface area contributed by atoms with Crippen molar-refractivity contribution in [2.24, 2.45) is 11.3 Å². The zero-order valence-corrected chi connectivity index (χ0v) is 11.8. The summed E-state index contributed by atoms with van der Waals surface area (Å²) in [4.78, 5) is 0. The minimum Gasteiger partial charge on any atom is -0.381 e. The Morgan fingerprint density at radius 2 is 1.88 bits per heavy atom. The van der Waals surface area contributed by atoms with Gasteiger partial charge in [-0.15, -0.1) is 0 Å². The molecule has 0 aromatic heterocycles. The number of nitrogens with one attached hydrogen (secondary N) is 1. The van der Waals surface area contributed by atoms with Gasteiger partial charge in [-0.3, -0.25) is 0 Å². The van der Waals surface area contributed by atoms with Gasteiger partial charge >= 0.3 is 0 Å². The van der Waals surface area contributed by atoms with Crippen LogP contribution < -0.4 is 5.32 Å². The van der Waals surface area contributed by atoms with Gasteiger partial charge < -0.3 is 10.1 Å². The van der Waals surface area contributed by atoms with Crippen LogP contribution in [0.25, 0.3) is 0 Å². The van der Waals surface area contributed by atoms with Crippen LogP contribution in [0.4, 0.5) is 0 Å². The summed E-state index contributed by atoms with van der Waals surface area (Å²) in [6.07, 6.45) is 8.33. The van der Waals surface area contributed by atoms with E-state index >= 15 is 0 Å². The summed E-state index contributed by atoms with van der Waals surface area (Å²) >= 11 is 0. The van der Waals surface area contributed by atoms with Gasteiger partial charge in [0.05, 0.1) is 6.61 Å². The first-order chi connectivity index (χ1) is 8.02. The van der Waals surface area contributed by atoms with Crippen molar-refractivity contribution in [3.05, 3.63) is 0 Å². The predicted octanol–water partition coefficient (Wildman–Crippen LogP) is 3.36. The van der Waals surface area contributed by atoms with E-state index in [0.717, 1.165) is 25.7 Å². The van der Waals surface area contributed by atoms with Crippen molar-refractivity contribution in [1.82, 2.24) is 5.32 Å². The number of rotatable bonds is 3. The number of ether oxygens (including phenoxy) is 1. The van der Waals surface area contributed by atoms with Crippen molar-refractivity contribution in [2.45, 2.75) is 64.8 Å². The summed E-state index contributed by atoms with van der Waals surface area (Å²) < 4.78 is 5.82. The second kappa shape index (κ2) is 5.27. The Hall–Kier alpha value is -0.0800. The van der Waals surface area contributed by atoms with Crippen LogP contribution in [-0.4, -0.2) is 25.3 Å². The molecule has 100 valence electrons. The molecule has 2 nitrogen and oxygen atoms in total. The molecule has 1 heterocycles. The molecule has 17 heavy (non-hydrogen) atoms. The highest BCUT2D eigenvalue weighted by Crippen LogP contribution is 2.44. The quantitative estimate of drug-likeness (QED) is 0.815. The molecular formula is C15H29NO. The van der Waals surface area contributed by atoms with Crippen molar-refractivity contribution in [3.63, 3.8) is 0 Å². The highest BCUT2D eigenvalue weighted by Gasteiger charge is 2.41. The fourth-order valence-electron chi connectivity index (χ4n) is 3.46. The summed E-state index contributed by atoms with van der Waals surface area (Å²) in [5.41, 5.74) is 0.658. The third-order valence-corrected chi connectivity index (χ3v) is 4.54. The molecule has 0 aromatic rings. The highest BCUT2D eigenvalue weighted by atomic mass is 16.5. The smallest absolute Gasteiger partial charge is 0.0537 e.